The summed E-state index contributed by atoms with van der Waals surface area (Å²) in [6.45, 7) is 14.5. The molecule has 0 heterocycles. The van der Waals surface area contributed by atoms with E-state index in [9.17, 15) is 19.5 Å². The average Bonchev–Trinajstić information content (AvgIpc) is 2.75. The van der Waals surface area contributed by atoms with Gasteiger partial charge in [0.1, 0.15) is 17.7 Å². The van der Waals surface area contributed by atoms with E-state index in [1.165, 1.54) is 4.90 Å². The van der Waals surface area contributed by atoms with E-state index in [0.717, 1.165) is 18.4 Å². The Bertz CT molecular complexity index is 836. The zero-order valence-corrected chi connectivity index (χ0v) is 22.7. The molecule has 0 aliphatic heterocycles. The Balaban J connectivity index is 3.45. The third-order valence-electron chi connectivity index (χ3n) is 5.80. The van der Waals surface area contributed by atoms with E-state index in [1.54, 1.807) is 26.8 Å². The molecule has 4 unspecified atom stereocenters. The summed E-state index contributed by atoms with van der Waals surface area (Å²) in [5, 5.41) is 15.6. The molecule has 0 saturated heterocycles. The number of aliphatic hydroxyl groups excluding tert-OH is 1. The molecule has 3 amide bonds. The second kappa shape index (κ2) is 14.1. The van der Waals surface area contributed by atoms with E-state index in [4.69, 9.17) is 4.74 Å². The Hall–Kier alpha value is -2.61. The summed E-state index contributed by atoms with van der Waals surface area (Å²) >= 11 is 0. The molecular formula is C27H45N3O5. The molecule has 4 atom stereocenters. The first-order chi connectivity index (χ1) is 16.3. The predicted molar refractivity (Wildman–Crippen MR) is 138 cm³/mol. The molecular weight excluding hydrogens is 446 g/mol. The van der Waals surface area contributed by atoms with Crippen molar-refractivity contribution in [3.63, 3.8) is 0 Å². The number of nitrogens with zero attached hydrogens (tertiary/aromatic N) is 1. The molecule has 198 valence electrons. The summed E-state index contributed by atoms with van der Waals surface area (Å²) in [4.78, 5) is 41.4. The zero-order valence-electron chi connectivity index (χ0n) is 22.7. The van der Waals surface area contributed by atoms with Crippen molar-refractivity contribution in [2.75, 3.05) is 13.2 Å². The number of aliphatic hydroxyl groups is 1. The van der Waals surface area contributed by atoms with Crippen LogP contribution < -0.4 is 10.6 Å². The Morgan fingerprint density at radius 1 is 1.11 bits per heavy atom. The molecule has 0 fully saturated rings. The van der Waals surface area contributed by atoms with Crippen LogP contribution in [-0.2, 0) is 14.3 Å². The van der Waals surface area contributed by atoms with Gasteiger partial charge in [-0.25, -0.2) is 4.79 Å². The number of amides is 3. The molecule has 8 heteroatoms. The van der Waals surface area contributed by atoms with Crippen molar-refractivity contribution in [3.05, 3.63) is 35.4 Å². The zero-order chi connectivity index (χ0) is 26.8. The molecule has 1 rings (SSSR count). The maximum absolute atomic E-state index is 13.9. The third-order valence-corrected chi connectivity index (χ3v) is 5.80. The van der Waals surface area contributed by atoms with Crippen molar-refractivity contribution in [3.8, 4) is 0 Å². The number of aryl methyl sites for hydroxylation is 1. The Kier molecular flexibility index (Phi) is 12.2. The molecule has 0 aliphatic carbocycles. The number of hydrogen-bond acceptors (Lipinski definition) is 5. The first-order valence-electron chi connectivity index (χ1n) is 12.6. The van der Waals surface area contributed by atoms with Gasteiger partial charge < -0.3 is 25.4 Å². The molecule has 0 aromatic heterocycles. The fourth-order valence-electron chi connectivity index (χ4n) is 3.91. The van der Waals surface area contributed by atoms with Crippen molar-refractivity contribution in [2.24, 2.45) is 5.92 Å². The van der Waals surface area contributed by atoms with Gasteiger partial charge in [0.2, 0.25) is 11.8 Å². The minimum atomic E-state index is -0.958. The predicted octanol–water partition coefficient (Wildman–Crippen LogP) is 4.10. The van der Waals surface area contributed by atoms with E-state index in [-0.39, 0.29) is 31.0 Å². The largest absolute Gasteiger partial charge is 0.444 e. The molecule has 0 radical (unpaired) electrons. The number of alkyl carbamates (subject to hydrolysis) is 1. The smallest absolute Gasteiger partial charge is 0.408 e. The lowest BCUT2D eigenvalue weighted by molar-refractivity contribution is -0.144. The minimum absolute atomic E-state index is 0.0596. The number of carbonyl (C=O) groups excluding carboxylic acids is 3. The number of ether oxygens (including phenoxy) is 1. The number of rotatable bonds is 12. The summed E-state index contributed by atoms with van der Waals surface area (Å²) in [5.41, 5.74) is 0.869. The van der Waals surface area contributed by atoms with Crippen LogP contribution in [0.25, 0.3) is 0 Å². The number of nitrogens with one attached hydrogen (secondary N) is 2. The second-order valence-corrected chi connectivity index (χ2v) is 10.3. The SMILES string of the molecule is CCCC(C)NC(=O)C(c1cccc(C)c1)N(CCO)C(=O)C(NC(=O)OC(C)(C)C)C(C)CC. The van der Waals surface area contributed by atoms with E-state index >= 15 is 0 Å². The molecule has 35 heavy (non-hydrogen) atoms. The van der Waals surface area contributed by atoms with Gasteiger partial charge in [0, 0.05) is 12.6 Å². The molecule has 1 aromatic rings. The highest BCUT2D eigenvalue weighted by molar-refractivity contribution is 5.92. The summed E-state index contributed by atoms with van der Waals surface area (Å²) < 4.78 is 5.39. The van der Waals surface area contributed by atoms with Crippen LogP contribution in [0.4, 0.5) is 4.79 Å². The van der Waals surface area contributed by atoms with Crippen molar-refractivity contribution in [2.45, 2.75) is 98.4 Å². The molecule has 0 saturated carbocycles. The highest BCUT2D eigenvalue weighted by Gasteiger charge is 2.38. The topological polar surface area (TPSA) is 108 Å². The number of benzene rings is 1. The van der Waals surface area contributed by atoms with Crippen molar-refractivity contribution >= 4 is 17.9 Å². The van der Waals surface area contributed by atoms with E-state index in [2.05, 4.69) is 10.6 Å². The summed E-state index contributed by atoms with van der Waals surface area (Å²) in [5.74, 6) is -0.987. The molecule has 0 bridgehead atoms. The van der Waals surface area contributed by atoms with Crippen LogP contribution in [0.15, 0.2) is 24.3 Å². The summed E-state index contributed by atoms with van der Waals surface area (Å²) in [6, 6.07) is 5.48. The van der Waals surface area contributed by atoms with Gasteiger partial charge in [0.05, 0.1) is 6.61 Å². The first-order valence-corrected chi connectivity index (χ1v) is 12.6. The van der Waals surface area contributed by atoms with E-state index in [1.807, 2.05) is 52.8 Å². The maximum atomic E-state index is 13.9. The highest BCUT2D eigenvalue weighted by Crippen LogP contribution is 2.25. The lowest BCUT2D eigenvalue weighted by atomic mass is 9.95. The Morgan fingerprint density at radius 2 is 1.77 bits per heavy atom. The maximum Gasteiger partial charge on any atom is 0.408 e. The monoisotopic (exact) mass is 491 g/mol. The Morgan fingerprint density at radius 3 is 2.29 bits per heavy atom. The van der Waals surface area contributed by atoms with E-state index in [0.29, 0.717) is 12.0 Å². The van der Waals surface area contributed by atoms with Crippen LogP contribution in [0.5, 0.6) is 0 Å². The molecule has 0 spiro atoms. The lowest BCUT2D eigenvalue weighted by Gasteiger charge is -2.36. The van der Waals surface area contributed by atoms with Crippen LogP contribution in [0.2, 0.25) is 0 Å². The first kappa shape index (κ1) is 30.4. The quantitative estimate of drug-likeness (QED) is 0.408. The van der Waals surface area contributed by atoms with Gasteiger partial charge in [-0.2, -0.15) is 0 Å². The van der Waals surface area contributed by atoms with Gasteiger partial charge in [-0.1, -0.05) is 63.4 Å². The normalized spacial score (nSPS) is 14.9. The summed E-state index contributed by atoms with van der Waals surface area (Å²) in [7, 11) is 0. The number of hydrogen-bond donors (Lipinski definition) is 3. The van der Waals surface area contributed by atoms with Crippen molar-refractivity contribution in [1.82, 2.24) is 15.5 Å². The van der Waals surface area contributed by atoms with Gasteiger partial charge in [-0.3, -0.25) is 9.59 Å². The highest BCUT2D eigenvalue weighted by atomic mass is 16.6. The molecule has 8 nitrogen and oxygen atoms in total. The average molecular weight is 492 g/mol. The minimum Gasteiger partial charge on any atom is -0.444 e. The lowest BCUT2D eigenvalue weighted by Crippen LogP contribution is -2.56. The van der Waals surface area contributed by atoms with Gasteiger partial charge in [0.15, 0.2) is 0 Å². The second-order valence-electron chi connectivity index (χ2n) is 10.3. The van der Waals surface area contributed by atoms with E-state index < -0.39 is 29.7 Å². The fraction of sp³-hybridized carbons (Fsp3) is 0.667. The van der Waals surface area contributed by atoms with Crippen LogP contribution in [0, 0.1) is 12.8 Å². The summed E-state index contributed by atoms with van der Waals surface area (Å²) in [6.07, 6.45) is 1.63. The van der Waals surface area contributed by atoms with Crippen LogP contribution >= 0.6 is 0 Å². The van der Waals surface area contributed by atoms with Gasteiger partial charge in [-0.05, 0) is 52.5 Å². The van der Waals surface area contributed by atoms with Crippen LogP contribution in [-0.4, -0.2) is 58.8 Å². The number of carbonyl (C=O) groups is 3. The van der Waals surface area contributed by atoms with Crippen LogP contribution in [0.1, 0.15) is 84.9 Å². The standard InChI is InChI=1S/C27H45N3O5/c1-9-12-20(5)28-24(32)23(21-14-11-13-18(3)17-21)30(15-16-31)25(33)22(19(4)10-2)29-26(34)35-27(6,7)8/h11,13-14,17,19-20,22-23,31H,9-10,12,15-16H2,1-8H3,(H,28,32)(H,29,34). The Labute approximate surface area is 210 Å². The molecule has 0 aliphatic rings. The molecule has 1 aromatic carbocycles. The third kappa shape index (κ3) is 9.88. The molecule has 3 N–H and O–H groups in total. The van der Waals surface area contributed by atoms with Gasteiger partial charge in [0.25, 0.3) is 0 Å². The fourth-order valence-corrected chi connectivity index (χ4v) is 3.91. The van der Waals surface area contributed by atoms with Crippen molar-refractivity contribution < 1.29 is 24.2 Å². The van der Waals surface area contributed by atoms with Gasteiger partial charge >= 0.3 is 6.09 Å². The van der Waals surface area contributed by atoms with Crippen molar-refractivity contribution in [1.29, 1.82) is 0 Å². The van der Waals surface area contributed by atoms with Crippen LogP contribution in [0.3, 0.4) is 0 Å². The van der Waals surface area contributed by atoms with Gasteiger partial charge in [-0.15, -0.1) is 0 Å².